The Labute approximate surface area is 152 Å². The maximum atomic E-state index is 11.5. The van der Waals surface area contributed by atoms with E-state index in [9.17, 15) is 13.0 Å². The van der Waals surface area contributed by atoms with Crippen molar-refractivity contribution < 1.29 is 13.0 Å². The molecular weight excluding hydrogens is 332 g/mol. The molecule has 25 heavy (non-hydrogen) atoms. The number of fused-ring (bicyclic) bond motifs is 1. The second-order valence-corrected chi connectivity index (χ2v) is 8.28. The highest BCUT2D eigenvalue weighted by Gasteiger charge is 2.13. The average Bonchev–Trinajstić information content (AvgIpc) is 2.59. The van der Waals surface area contributed by atoms with Gasteiger partial charge in [0, 0.05) is 0 Å². The van der Waals surface area contributed by atoms with Gasteiger partial charge < -0.3 is 0 Å². The first-order chi connectivity index (χ1) is 12.0. The fourth-order valence-corrected chi connectivity index (χ4v) is 3.91. The summed E-state index contributed by atoms with van der Waals surface area (Å²) in [6.07, 6.45) is 12.2. The first-order valence-electron chi connectivity index (χ1n) is 9.51. The van der Waals surface area contributed by atoms with E-state index in [2.05, 4.69) is 6.92 Å². The summed E-state index contributed by atoms with van der Waals surface area (Å²) in [7, 11) is -4.17. The van der Waals surface area contributed by atoms with Gasteiger partial charge in [-0.25, -0.2) is 0 Å². The maximum absolute atomic E-state index is 11.5. The fourth-order valence-electron chi connectivity index (χ4n) is 3.34. The van der Waals surface area contributed by atoms with E-state index < -0.39 is 10.1 Å². The van der Waals surface area contributed by atoms with Crippen molar-refractivity contribution >= 4 is 20.9 Å². The summed E-state index contributed by atoms with van der Waals surface area (Å²) in [5.74, 6) is 0. The highest BCUT2D eigenvalue weighted by molar-refractivity contribution is 7.85. The Kier molecular flexibility index (Phi) is 7.91. The zero-order valence-electron chi connectivity index (χ0n) is 15.2. The molecule has 0 radical (unpaired) electrons. The maximum Gasteiger partial charge on any atom is 0.294 e. The summed E-state index contributed by atoms with van der Waals surface area (Å²) in [6, 6.07) is 10.9. The Hall–Kier alpha value is -1.39. The number of hydrogen-bond acceptors (Lipinski definition) is 2. The van der Waals surface area contributed by atoms with E-state index in [4.69, 9.17) is 0 Å². The molecular formula is C21H30O3S. The van der Waals surface area contributed by atoms with Gasteiger partial charge in [-0.15, -0.1) is 0 Å². The summed E-state index contributed by atoms with van der Waals surface area (Å²) >= 11 is 0. The van der Waals surface area contributed by atoms with Crippen molar-refractivity contribution in [2.24, 2.45) is 0 Å². The summed E-state index contributed by atoms with van der Waals surface area (Å²) < 4.78 is 32.4. The van der Waals surface area contributed by atoms with Crippen molar-refractivity contribution in [1.82, 2.24) is 0 Å². The molecule has 0 atom stereocenters. The zero-order chi connectivity index (χ0) is 18.1. The van der Waals surface area contributed by atoms with Crippen molar-refractivity contribution in [3.05, 3.63) is 42.0 Å². The SMILES string of the molecule is CCCCCCCCCCCc1cc(S(=O)(=O)O)cc2ccccc12. The van der Waals surface area contributed by atoms with Crippen LogP contribution in [0.1, 0.15) is 70.3 Å². The molecule has 0 spiro atoms. The van der Waals surface area contributed by atoms with Gasteiger partial charge >= 0.3 is 0 Å². The Morgan fingerprint density at radius 3 is 2.08 bits per heavy atom. The van der Waals surface area contributed by atoms with Gasteiger partial charge in [-0.2, -0.15) is 8.42 Å². The minimum absolute atomic E-state index is 0.00266. The first kappa shape index (κ1) is 19.9. The lowest BCUT2D eigenvalue weighted by atomic mass is 9.99. The van der Waals surface area contributed by atoms with E-state index in [0.717, 1.165) is 35.6 Å². The van der Waals surface area contributed by atoms with Gasteiger partial charge in [0.1, 0.15) is 0 Å². The molecule has 1 N–H and O–H groups in total. The highest BCUT2D eigenvalue weighted by atomic mass is 32.2. The van der Waals surface area contributed by atoms with Gasteiger partial charge in [0.2, 0.25) is 0 Å². The lowest BCUT2D eigenvalue weighted by Crippen LogP contribution is -2.00. The van der Waals surface area contributed by atoms with Crippen LogP contribution in [0.2, 0.25) is 0 Å². The normalized spacial score (nSPS) is 11.9. The van der Waals surface area contributed by atoms with Crippen LogP contribution < -0.4 is 0 Å². The number of hydrogen-bond donors (Lipinski definition) is 1. The van der Waals surface area contributed by atoms with E-state index in [1.807, 2.05) is 24.3 Å². The van der Waals surface area contributed by atoms with Crippen molar-refractivity contribution in [1.29, 1.82) is 0 Å². The Balaban J connectivity index is 1.90. The predicted molar refractivity (Wildman–Crippen MR) is 105 cm³/mol. The number of rotatable bonds is 11. The third-order valence-corrected chi connectivity index (χ3v) is 5.60. The number of aryl methyl sites for hydroxylation is 1. The minimum atomic E-state index is -4.17. The van der Waals surface area contributed by atoms with Gasteiger partial charge in [-0.3, -0.25) is 4.55 Å². The van der Waals surface area contributed by atoms with Crippen LogP contribution in [0.5, 0.6) is 0 Å². The topological polar surface area (TPSA) is 54.4 Å². The van der Waals surface area contributed by atoms with Gasteiger partial charge in [-0.1, -0.05) is 82.6 Å². The van der Waals surface area contributed by atoms with Crippen LogP contribution in [0.25, 0.3) is 10.8 Å². The van der Waals surface area contributed by atoms with Crippen molar-refractivity contribution in [2.45, 2.75) is 76.0 Å². The van der Waals surface area contributed by atoms with Gasteiger partial charge in [0.15, 0.2) is 0 Å². The van der Waals surface area contributed by atoms with Crippen LogP contribution in [0.4, 0.5) is 0 Å². The summed E-state index contributed by atoms with van der Waals surface area (Å²) in [6.45, 7) is 2.24. The second-order valence-electron chi connectivity index (χ2n) is 6.86. The van der Waals surface area contributed by atoms with Crippen LogP contribution in [0, 0.1) is 0 Å². The van der Waals surface area contributed by atoms with Crippen molar-refractivity contribution in [2.75, 3.05) is 0 Å². The third-order valence-electron chi connectivity index (χ3n) is 4.77. The fraction of sp³-hybridized carbons (Fsp3) is 0.524. The van der Waals surface area contributed by atoms with Crippen molar-refractivity contribution in [3.8, 4) is 0 Å². The molecule has 0 heterocycles. The zero-order valence-corrected chi connectivity index (χ0v) is 16.0. The molecule has 0 saturated carbocycles. The molecule has 3 nitrogen and oxygen atoms in total. The molecule has 0 saturated heterocycles. The summed E-state index contributed by atoms with van der Waals surface area (Å²) in [4.78, 5) is -0.00266. The molecule has 138 valence electrons. The van der Waals surface area contributed by atoms with Gasteiger partial charge in [-0.05, 0) is 41.3 Å². The Bertz CT molecular complexity index is 766. The molecule has 0 bridgehead atoms. The molecule has 0 aliphatic heterocycles. The quantitative estimate of drug-likeness (QED) is 0.385. The molecule has 0 amide bonds. The van der Waals surface area contributed by atoms with Crippen LogP contribution >= 0.6 is 0 Å². The van der Waals surface area contributed by atoms with Gasteiger partial charge in [0.05, 0.1) is 4.90 Å². The minimum Gasteiger partial charge on any atom is -0.282 e. The van der Waals surface area contributed by atoms with Crippen LogP contribution in [0.15, 0.2) is 41.3 Å². The van der Waals surface area contributed by atoms with E-state index >= 15 is 0 Å². The molecule has 2 aromatic carbocycles. The molecule has 0 unspecified atom stereocenters. The summed E-state index contributed by atoms with van der Waals surface area (Å²) in [5, 5.41) is 1.94. The largest absolute Gasteiger partial charge is 0.294 e. The standard InChI is InChI=1S/C21H30O3S/c1-2-3-4-5-6-7-8-9-10-13-18-16-20(25(22,23)24)17-19-14-11-12-15-21(18)19/h11-12,14-17H,2-10,13H2,1H3,(H,22,23,24). The average molecular weight is 363 g/mol. The Morgan fingerprint density at radius 2 is 1.44 bits per heavy atom. The molecule has 0 aliphatic carbocycles. The summed E-state index contributed by atoms with van der Waals surface area (Å²) in [5.41, 5.74) is 1.01. The highest BCUT2D eigenvalue weighted by Crippen LogP contribution is 2.25. The first-order valence-corrected chi connectivity index (χ1v) is 11.0. The molecule has 0 fully saturated rings. The second kappa shape index (κ2) is 9.93. The van der Waals surface area contributed by atoms with Crippen LogP contribution in [-0.2, 0) is 16.5 Å². The van der Waals surface area contributed by atoms with E-state index in [1.54, 1.807) is 12.1 Å². The molecule has 0 aliphatic rings. The van der Waals surface area contributed by atoms with Gasteiger partial charge in [0.25, 0.3) is 10.1 Å². The Morgan fingerprint density at radius 1 is 0.840 bits per heavy atom. The van der Waals surface area contributed by atoms with E-state index in [-0.39, 0.29) is 4.90 Å². The van der Waals surface area contributed by atoms with Crippen LogP contribution in [0.3, 0.4) is 0 Å². The molecule has 2 aromatic rings. The third kappa shape index (κ3) is 6.44. The lowest BCUT2D eigenvalue weighted by molar-refractivity contribution is 0.483. The molecule has 2 rings (SSSR count). The monoisotopic (exact) mass is 362 g/mol. The van der Waals surface area contributed by atoms with E-state index in [0.29, 0.717) is 0 Å². The van der Waals surface area contributed by atoms with Crippen LogP contribution in [-0.4, -0.2) is 13.0 Å². The number of benzene rings is 2. The molecule has 4 heteroatoms. The lowest BCUT2D eigenvalue weighted by Gasteiger charge is -2.09. The molecule has 0 aromatic heterocycles. The van der Waals surface area contributed by atoms with Crippen molar-refractivity contribution in [3.63, 3.8) is 0 Å². The number of unbranched alkanes of at least 4 members (excludes halogenated alkanes) is 8. The smallest absolute Gasteiger partial charge is 0.282 e. The predicted octanol–water partition coefficient (Wildman–Crippen LogP) is 6.16. The van der Waals surface area contributed by atoms with E-state index in [1.165, 1.54) is 44.9 Å².